The van der Waals surface area contributed by atoms with Crippen LogP contribution in [0, 0.1) is 0 Å². The van der Waals surface area contributed by atoms with Crippen molar-refractivity contribution >= 4 is 25.2 Å². The van der Waals surface area contributed by atoms with Crippen molar-refractivity contribution in [3.63, 3.8) is 0 Å². The van der Waals surface area contributed by atoms with Crippen molar-refractivity contribution in [1.82, 2.24) is 4.90 Å². The molecule has 0 aliphatic heterocycles. The van der Waals surface area contributed by atoms with Gasteiger partial charge in [0.05, 0.1) is 0 Å². The minimum absolute atomic E-state index is 0.219. The van der Waals surface area contributed by atoms with Gasteiger partial charge in [-0.2, -0.15) is 0 Å². The molecule has 0 aliphatic rings. The lowest BCUT2D eigenvalue weighted by atomic mass is 10.5. The average molecular weight is 227 g/mol. The Kier molecular flexibility index (Phi) is 4.75. The number of rotatable bonds is 3. The van der Waals surface area contributed by atoms with Crippen LogP contribution < -0.4 is 0 Å². The number of hydrogen-bond donors (Lipinski definition) is 0. The van der Waals surface area contributed by atoms with E-state index in [0.29, 0.717) is 0 Å². The van der Waals surface area contributed by atoms with Crippen LogP contribution in [-0.2, 0) is 0 Å². The lowest BCUT2D eigenvalue weighted by molar-refractivity contribution is 0.418. The third-order valence-electron chi connectivity index (χ3n) is 0.880. The second kappa shape index (κ2) is 4.44. The standard InChI is InChI=1S/C6H14IN/c1-6(7-2)5-8(3)4/h6H,2,5H2,1,3-4H3/t6-/m0/s1. The second-order valence-electron chi connectivity index (χ2n) is 2.20. The Hall–Kier alpha value is 0.560. The van der Waals surface area contributed by atoms with E-state index in [-0.39, 0.29) is 20.7 Å². The van der Waals surface area contributed by atoms with E-state index >= 15 is 0 Å². The van der Waals surface area contributed by atoms with Crippen LogP contribution in [0.4, 0.5) is 0 Å². The maximum Gasteiger partial charge on any atom is 0.0156 e. The predicted octanol–water partition coefficient (Wildman–Crippen LogP) is 1.34. The van der Waals surface area contributed by atoms with Gasteiger partial charge in [-0.25, -0.2) is 0 Å². The molecule has 0 aliphatic carbocycles. The van der Waals surface area contributed by atoms with Gasteiger partial charge in [-0.3, -0.25) is 0 Å². The van der Waals surface area contributed by atoms with Crippen LogP contribution in [0.1, 0.15) is 6.92 Å². The van der Waals surface area contributed by atoms with Crippen molar-refractivity contribution in [2.24, 2.45) is 0 Å². The van der Waals surface area contributed by atoms with E-state index in [2.05, 4.69) is 30.4 Å². The van der Waals surface area contributed by atoms with E-state index in [4.69, 9.17) is 0 Å². The van der Waals surface area contributed by atoms with Crippen LogP contribution in [0.15, 0.2) is 0 Å². The van der Waals surface area contributed by atoms with Gasteiger partial charge in [-0.05, 0) is 14.1 Å². The van der Waals surface area contributed by atoms with Gasteiger partial charge in [-0.15, -0.1) is 20.7 Å². The maximum absolute atomic E-state index is 3.92. The lowest BCUT2D eigenvalue weighted by Gasteiger charge is -2.11. The summed E-state index contributed by atoms with van der Waals surface area (Å²) < 4.78 is 4.77. The largest absolute Gasteiger partial charge is 0.308 e. The fourth-order valence-electron chi connectivity index (χ4n) is 0.552. The van der Waals surface area contributed by atoms with Crippen molar-refractivity contribution in [1.29, 1.82) is 0 Å². The van der Waals surface area contributed by atoms with E-state index in [9.17, 15) is 0 Å². The normalized spacial score (nSPS) is 14.5. The number of hydrogen-bond acceptors (Lipinski definition) is 1. The first-order valence-corrected chi connectivity index (χ1v) is 5.45. The van der Waals surface area contributed by atoms with Crippen LogP contribution in [-0.4, -0.2) is 34.0 Å². The highest BCUT2D eigenvalue weighted by Crippen LogP contribution is 2.04. The molecule has 0 aromatic rings. The first kappa shape index (κ1) is 8.56. The van der Waals surface area contributed by atoms with Gasteiger partial charge in [0, 0.05) is 10.5 Å². The number of alkyl halides is 1. The minimum Gasteiger partial charge on any atom is -0.308 e. The Balaban J connectivity index is 3.23. The third kappa shape index (κ3) is 4.71. The Morgan fingerprint density at radius 2 is 2.12 bits per heavy atom. The van der Waals surface area contributed by atoms with Gasteiger partial charge in [-0.1, -0.05) is 11.4 Å². The molecule has 0 saturated heterocycles. The average Bonchev–Trinajstić information content (AvgIpc) is 1.65. The monoisotopic (exact) mass is 227 g/mol. The molecule has 2 heteroatoms. The molecule has 0 radical (unpaired) electrons. The highest BCUT2D eigenvalue weighted by atomic mass is 127. The van der Waals surface area contributed by atoms with Crippen LogP contribution in [0.5, 0.6) is 0 Å². The summed E-state index contributed by atoms with van der Waals surface area (Å²) in [6.07, 6.45) is 0. The Morgan fingerprint density at radius 3 is 2.25 bits per heavy atom. The summed E-state index contributed by atoms with van der Waals surface area (Å²) in [7, 11) is 4.21. The molecule has 1 nitrogen and oxygen atoms in total. The zero-order valence-electron chi connectivity index (χ0n) is 5.82. The molecule has 0 rings (SSSR count). The summed E-state index contributed by atoms with van der Waals surface area (Å²) in [5.74, 6) is 0. The smallest absolute Gasteiger partial charge is 0.0156 e. The molecule has 0 N–H and O–H groups in total. The summed E-state index contributed by atoms with van der Waals surface area (Å²) in [5, 5.41) is 0. The molecule has 1 atom stereocenters. The van der Waals surface area contributed by atoms with Crippen molar-refractivity contribution in [3.05, 3.63) is 0 Å². The molecule has 0 bridgehead atoms. The van der Waals surface area contributed by atoms with Gasteiger partial charge in [0.25, 0.3) is 0 Å². The Bertz CT molecular complexity index is 70.9. The highest BCUT2D eigenvalue weighted by molar-refractivity contribution is 14.2. The van der Waals surface area contributed by atoms with Crippen molar-refractivity contribution in [3.8, 4) is 0 Å². The molecule has 0 heterocycles. The fraction of sp³-hybridized carbons (Fsp3) is 0.833. The van der Waals surface area contributed by atoms with Crippen molar-refractivity contribution in [2.75, 3.05) is 20.6 Å². The molecular formula is C6H14IN. The van der Waals surface area contributed by atoms with Crippen LogP contribution in [0.25, 0.3) is 0 Å². The lowest BCUT2D eigenvalue weighted by Crippen LogP contribution is -2.19. The number of halogens is 1. The van der Waals surface area contributed by atoms with Gasteiger partial charge in [0.1, 0.15) is 0 Å². The molecule has 0 saturated carbocycles. The molecule has 8 heavy (non-hydrogen) atoms. The van der Waals surface area contributed by atoms with E-state index in [0.717, 1.165) is 3.92 Å². The first-order chi connectivity index (χ1) is 3.66. The summed E-state index contributed by atoms with van der Waals surface area (Å²) in [4.78, 5) is 2.22. The summed E-state index contributed by atoms with van der Waals surface area (Å²) in [6, 6.07) is 0. The molecule has 50 valence electrons. The van der Waals surface area contributed by atoms with Gasteiger partial charge >= 0.3 is 0 Å². The molecule has 0 aromatic heterocycles. The Morgan fingerprint density at radius 1 is 1.62 bits per heavy atom. The van der Waals surface area contributed by atoms with Gasteiger partial charge < -0.3 is 4.90 Å². The van der Waals surface area contributed by atoms with E-state index in [1.807, 2.05) is 0 Å². The van der Waals surface area contributed by atoms with Crippen LogP contribution in [0.2, 0.25) is 0 Å². The molecular weight excluding hydrogens is 213 g/mol. The van der Waals surface area contributed by atoms with Crippen LogP contribution in [0.3, 0.4) is 0 Å². The minimum atomic E-state index is 0.219. The summed E-state index contributed by atoms with van der Waals surface area (Å²) in [6.45, 7) is 3.47. The zero-order valence-corrected chi connectivity index (χ0v) is 7.97. The number of nitrogens with zero attached hydrogens (tertiary/aromatic N) is 1. The first-order valence-electron chi connectivity index (χ1n) is 2.68. The molecule has 0 unspecified atom stereocenters. The predicted molar refractivity (Wildman–Crippen MR) is 49.2 cm³/mol. The van der Waals surface area contributed by atoms with Crippen molar-refractivity contribution < 1.29 is 0 Å². The van der Waals surface area contributed by atoms with Crippen LogP contribution >= 0.6 is 20.7 Å². The second-order valence-corrected chi connectivity index (χ2v) is 5.20. The zero-order chi connectivity index (χ0) is 6.57. The van der Waals surface area contributed by atoms with Gasteiger partial charge in [0.2, 0.25) is 0 Å². The molecule has 0 amide bonds. The SMILES string of the molecule is C=I[C@@H](C)CN(C)C. The quantitative estimate of drug-likeness (QED) is 0.519. The van der Waals surface area contributed by atoms with E-state index in [1.165, 1.54) is 6.54 Å². The molecule has 0 fully saturated rings. The summed E-state index contributed by atoms with van der Waals surface area (Å²) >= 11 is 0.219. The topological polar surface area (TPSA) is 3.24 Å². The van der Waals surface area contributed by atoms with E-state index in [1.54, 1.807) is 0 Å². The maximum atomic E-state index is 3.92. The highest BCUT2D eigenvalue weighted by Gasteiger charge is 1.95. The Labute approximate surface area is 61.8 Å². The van der Waals surface area contributed by atoms with Gasteiger partial charge in [0.15, 0.2) is 0 Å². The summed E-state index contributed by atoms with van der Waals surface area (Å²) in [5.41, 5.74) is 0. The van der Waals surface area contributed by atoms with Crippen molar-refractivity contribution in [2.45, 2.75) is 10.8 Å². The van der Waals surface area contributed by atoms with E-state index < -0.39 is 0 Å². The molecule has 0 aromatic carbocycles. The molecule has 0 spiro atoms. The third-order valence-corrected chi connectivity index (χ3v) is 2.78. The fourth-order valence-corrected chi connectivity index (χ4v) is 1.62.